The summed E-state index contributed by atoms with van der Waals surface area (Å²) in [7, 11) is -4.24. The Morgan fingerprint density at radius 3 is 2.59 bits per heavy atom. The van der Waals surface area contributed by atoms with Gasteiger partial charge in [-0.2, -0.15) is 8.42 Å². The predicted octanol–water partition coefficient (Wildman–Crippen LogP) is 0.490. The van der Waals surface area contributed by atoms with Crippen LogP contribution in [0.5, 0.6) is 0 Å². The molecular weight excluding hydrogens is 246 g/mol. The summed E-state index contributed by atoms with van der Waals surface area (Å²) in [5.41, 5.74) is 6.03. The van der Waals surface area contributed by atoms with Crippen molar-refractivity contribution in [2.75, 3.05) is 0 Å². The van der Waals surface area contributed by atoms with E-state index in [0.29, 0.717) is 5.56 Å². The quantitative estimate of drug-likeness (QED) is 0.662. The average Bonchev–Trinajstić information content (AvgIpc) is 2.25. The van der Waals surface area contributed by atoms with Crippen molar-refractivity contribution in [2.45, 2.75) is 18.2 Å². The number of benzene rings is 1. The first-order valence-electron chi connectivity index (χ1n) is 4.85. The van der Waals surface area contributed by atoms with Gasteiger partial charge in [0.05, 0.1) is 5.56 Å². The van der Waals surface area contributed by atoms with Gasteiger partial charge < -0.3 is 10.8 Å². The zero-order chi connectivity index (χ0) is 13.1. The molecule has 0 amide bonds. The summed E-state index contributed by atoms with van der Waals surface area (Å²) in [6.45, 7) is 0. The minimum absolute atomic E-state index is 0.0297. The second kappa shape index (κ2) is 5.26. The molecule has 0 radical (unpaired) electrons. The molecule has 0 saturated heterocycles. The minimum Gasteiger partial charge on any atom is -0.478 e. The van der Waals surface area contributed by atoms with Crippen molar-refractivity contribution >= 4 is 16.1 Å². The molecule has 0 aliphatic carbocycles. The van der Waals surface area contributed by atoms with Gasteiger partial charge in [0, 0.05) is 0 Å². The molecule has 1 aromatic carbocycles. The van der Waals surface area contributed by atoms with Crippen molar-refractivity contribution in [1.82, 2.24) is 0 Å². The van der Waals surface area contributed by atoms with E-state index in [0.717, 1.165) is 0 Å². The van der Waals surface area contributed by atoms with E-state index in [1.54, 1.807) is 12.1 Å². The molecule has 1 atom stereocenters. The number of rotatable bonds is 5. The van der Waals surface area contributed by atoms with Crippen molar-refractivity contribution in [2.24, 2.45) is 5.73 Å². The lowest BCUT2D eigenvalue weighted by atomic mass is 10.1. The second-order valence-electron chi connectivity index (χ2n) is 3.60. The maximum atomic E-state index is 10.7. The van der Waals surface area contributed by atoms with Crippen LogP contribution in [-0.4, -0.2) is 29.4 Å². The first kappa shape index (κ1) is 13.6. The number of hydrogen-bond donors (Lipinski definition) is 3. The lowest BCUT2D eigenvalue weighted by molar-refractivity contribution is 0.0696. The van der Waals surface area contributed by atoms with Gasteiger partial charge in [0.2, 0.25) is 0 Å². The molecule has 0 aliphatic heterocycles. The number of carbonyl (C=O) groups is 1. The first-order chi connectivity index (χ1) is 7.80. The first-order valence-corrected chi connectivity index (χ1v) is 6.35. The minimum atomic E-state index is -4.24. The highest BCUT2D eigenvalue weighted by Crippen LogP contribution is 2.10. The molecule has 4 N–H and O–H groups in total. The molecule has 1 rings (SSSR count). The normalized spacial score (nSPS) is 13.3. The van der Waals surface area contributed by atoms with E-state index in [1.807, 2.05) is 0 Å². The fourth-order valence-electron chi connectivity index (χ4n) is 1.32. The topological polar surface area (TPSA) is 118 Å². The predicted molar refractivity (Wildman–Crippen MR) is 61.2 cm³/mol. The lowest BCUT2D eigenvalue weighted by Crippen LogP contribution is -2.30. The Hall–Kier alpha value is -1.44. The third-order valence-electron chi connectivity index (χ3n) is 2.27. The molecule has 1 unspecified atom stereocenters. The Bertz CT molecular complexity index is 511. The van der Waals surface area contributed by atoms with Crippen LogP contribution in [0, 0.1) is 0 Å². The number of carboxylic acid groups (broad SMARTS) is 1. The van der Waals surface area contributed by atoms with E-state index >= 15 is 0 Å². The largest absolute Gasteiger partial charge is 0.478 e. The summed E-state index contributed by atoms with van der Waals surface area (Å²) in [5.74, 6) is -1.05. The number of aromatic carboxylic acids is 1. The molecule has 0 aromatic heterocycles. The van der Waals surface area contributed by atoms with Crippen LogP contribution in [0.4, 0.5) is 0 Å². The van der Waals surface area contributed by atoms with E-state index in [-0.39, 0.29) is 18.4 Å². The summed E-state index contributed by atoms with van der Waals surface area (Å²) in [6.07, 6.45) is 0.310. The Labute approximate surface area is 98.8 Å². The van der Waals surface area contributed by atoms with Crippen LogP contribution in [0.2, 0.25) is 0 Å². The molecule has 6 nitrogen and oxygen atoms in total. The molecular formula is C10H13NO5S. The van der Waals surface area contributed by atoms with Crippen molar-refractivity contribution in [1.29, 1.82) is 0 Å². The smallest absolute Gasteiger partial charge is 0.335 e. The summed E-state index contributed by atoms with van der Waals surface area (Å²) in [6, 6.07) is 6.12. The SMILES string of the molecule is NC(CCc1cccc(C(=O)O)c1)S(=O)(=O)O. The molecule has 0 aliphatic rings. The fourth-order valence-corrected chi connectivity index (χ4v) is 1.73. The van der Waals surface area contributed by atoms with Crippen LogP contribution < -0.4 is 5.73 Å². The van der Waals surface area contributed by atoms with Crippen LogP contribution in [-0.2, 0) is 16.5 Å². The molecule has 0 saturated carbocycles. The number of nitrogens with two attached hydrogens (primary N) is 1. The third kappa shape index (κ3) is 4.14. The molecule has 7 heteroatoms. The molecule has 0 bridgehead atoms. The molecule has 94 valence electrons. The molecule has 17 heavy (non-hydrogen) atoms. The third-order valence-corrected chi connectivity index (χ3v) is 3.27. The summed E-state index contributed by atoms with van der Waals surface area (Å²) in [5, 5.41) is 7.40. The van der Waals surface area contributed by atoms with Crippen LogP contribution in [0.3, 0.4) is 0 Å². The van der Waals surface area contributed by atoms with Crippen LogP contribution >= 0.6 is 0 Å². The van der Waals surface area contributed by atoms with Gasteiger partial charge in [0.15, 0.2) is 0 Å². The Balaban J connectivity index is 2.70. The maximum Gasteiger partial charge on any atom is 0.335 e. The lowest BCUT2D eigenvalue weighted by Gasteiger charge is -2.08. The average molecular weight is 259 g/mol. The standard InChI is InChI=1S/C10H13NO5S/c11-9(17(14,15)16)5-4-7-2-1-3-8(6-7)10(12)13/h1-3,6,9H,4-5,11H2,(H,12,13)(H,14,15,16). The van der Waals surface area contributed by atoms with Gasteiger partial charge >= 0.3 is 5.97 Å². The number of hydrogen-bond acceptors (Lipinski definition) is 4. The van der Waals surface area contributed by atoms with Crippen molar-refractivity contribution in [3.8, 4) is 0 Å². The monoisotopic (exact) mass is 259 g/mol. The number of aryl methyl sites for hydroxylation is 1. The van der Waals surface area contributed by atoms with Crippen LogP contribution in [0.25, 0.3) is 0 Å². The highest BCUT2D eigenvalue weighted by molar-refractivity contribution is 7.86. The van der Waals surface area contributed by atoms with Gasteiger partial charge in [-0.05, 0) is 30.5 Å². The molecule has 0 heterocycles. The zero-order valence-electron chi connectivity index (χ0n) is 8.91. The molecule has 0 fully saturated rings. The van der Waals surface area contributed by atoms with Gasteiger partial charge in [0.25, 0.3) is 10.1 Å². The van der Waals surface area contributed by atoms with Gasteiger partial charge in [0.1, 0.15) is 5.37 Å². The van der Waals surface area contributed by atoms with Gasteiger partial charge in [-0.3, -0.25) is 4.55 Å². The summed E-state index contributed by atoms with van der Waals surface area (Å²) in [4.78, 5) is 10.7. The van der Waals surface area contributed by atoms with E-state index in [4.69, 9.17) is 15.4 Å². The van der Waals surface area contributed by atoms with Gasteiger partial charge in [-0.15, -0.1) is 0 Å². The van der Waals surface area contributed by atoms with Crippen LogP contribution in [0.1, 0.15) is 22.3 Å². The van der Waals surface area contributed by atoms with E-state index in [2.05, 4.69) is 0 Å². The Morgan fingerprint density at radius 2 is 2.06 bits per heavy atom. The fraction of sp³-hybridized carbons (Fsp3) is 0.300. The summed E-state index contributed by atoms with van der Waals surface area (Å²) >= 11 is 0. The molecule has 1 aromatic rings. The van der Waals surface area contributed by atoms with Crippen molar-refractivity contribution < 1.29 is 22.9 Å². The summed E-state index contributed by atoms with van der Waals surface area (Å²) < 4.78 is 30.0. The highest BCUT2D eigenvalue weighted by atomic mass is 32.2. The second-order valence-corrected chi connectivity index (χ2v) is 5.23. The Morgan fingerprint density at radius 1 is 1.41 bits per heavy atom. The van der Waals surface area contributed by atoms with E-state index < -0.39 is 21.5 Å². The number of carboxylic acids is 1. The Kier molecular flexibility index (Phi) is 4.22. The van der Waals surface area contributed by atoms with Crippen molar-refractivity contribution in [3.63, 3.8) is 0 Å². The van der Waals surface area contributed by atoms with E-state index in [1.165, 1.54) is 12.1 Å². The van der Waals surface area contributed by atoms with Gasteiger partial charge in [-0.1, -0.05) is 12.1 Å². The highest BCUT2D eigenvalue weighted by Gasteiger charge is 2.17. The van der Waals surface area contributed by atoms with Crippen molar-refractivity contribution in [3.05, 3.63) is 35.4 Å². The zero-order valence-corrected chi connectivity index (χ0v) is 9.72. The van der Waals surface area contributed by atoms with E-state index in [9.17, 15) is 13.2 Å². The van der Waals surface area contributed by atoms with Crippen LogP contribution in [0.15, 0.2) is 24.3 Å². The van der Waals surface area contributed by atoms with Gasteiger partial charge in [-0.25, -0.2) is 4.79 Å². The maximum absolute atomic E-state index is 10.7. The molecule has 0 spiro atoms.